The van der Waals surface area contributed by atoms with Crippen molar-refractivity contribution in [2.24, 2.45) is 0 Å². The van der Waals surface area contributed by atoms with Crippen molar-refractivity contribution in [3.05, 3.63) is 99.0 Å². The van der Waals surface area contributed by atoms with Crippen molar-refractivity contribution in [1.29, 1.82) is 0 Å². The molecule has 3 aliphatic rings. The summed E-state index contributed by atoms with van der Waals surface area (Å²) in [5.41, 5.74) is 3.83. The average molecular weight is 502 g/mol. The van der Waals surface area contributed by atoms with Gasteiger partial charge < -0.3 is 14.7 Å². The standard InChI is InChI=1S/C27H20FN3O4S/c28-15-5-6-16-19-8-12-36-26(19)18-4-2-1-3-17(18)23(20(16)13-15)31-22-14-35-11-10-29(22)27(34)24-25(33)21(32)7-9-30(24)31/h1-9,12-13,22-23,33H,10-11,14H2/t22-,23+/m1/s1. The Bertz CT molecular complexity index is 1610. The van der Waals surface area contributed by atoms with E-state index in [9.17, 15) is 19.1 Å². The molecule has 2 aliphatic heterocycles. The Balaban J connectivity index is 1.58. The third-order valence-corrected chi connectivity index (χ3v) is 8.15. The first-order valence-corrected chi connectivity index (χ1v) is 12.5. The number of carbonyl (C=O) groups is 1. The molecule has 0 saturated carbocycles. The van der Waals surface area contributed by atoms with Gasteiger partial charge in [-0.2, -0.15) is 0 Å². The Kier molecular flexibility index (Phi) is 4.61. The summed E-state index contributed by atoms with van der Waals surface area (Å²) in [6.07, 6.45) is 0.967. The predicted octanol–water partition coefficient (Wildman–Crippen LogP) is 3.94. The number of carbonyl (C=O) groups excluding carboxylic acids is 1. The van der Waals surface area contributed by atoms with E-state index >= 15 is 0 Å². The van der Waals surface area contributed by atoms with Crippen LogP contribution in [0.5, 0.6) is 5.75 Å². The third kappa shape index (κ3) is 2.87. The lowest BCUT2D eigenvalue weighted by molar-refractivity contribution is -0.0196. The van der Waals surface area contributed by atoms with Crippen molar-refractivity contribution in [3.63, 3.8) is 0 Å². The summed E-state index contributed by atoms with van der Waals surface area (Å²) in [6, 6.07) is 15.5. The number of morpholine rings is 1. The van der Waals surface area contributed by atoms with Gasteiger partial charge in [0.25, 0.3) is 5.91 Å². The zero-order chi connectivity index (χ0) is 24.6. The summed E-state index contributed by atoms with van der Waals surface area (Å²) in [6.45, 7) is 0.876. The number of thiophene rings is 1. The molecule has 4 aromatic rings. The smallest absolute Gasteiger partial charge is 0.278 e. The van der Waals surface area contributed by atoms with Crippen molar-refractivity contribution < 1.29 is 19.0 Å². The zero-order valence-electron chi connectivity index (χ0n) is 18.9. The molecule has 2 atom stereocenters. The fourth-order valence-electron chi connectivity index (χ4n) is 5.66. The van der Waals surface area contributed by atoms with Crippen LogP contribution in [-0.2, 0) is 4.74 Å². The second-order valence-electron chi connectivity index (χ2n) is 9.04. The first kappa shape index (κ1) is 21.3. The quantitative estimate of drug-likeness (QED) is 0.428. The van der Waals surface area contributed by atoms with E-state index in [0.717, 1.165) is 32.7 Å². The zero-order valence-corrected chi connectivity index (χ0v) is 19.7. The molecule has 180 valence electrons. The molecule has 1 aliphatic carbocycles. The fourth-order valence-corrected chi connectivity index (χ4v) is 6.62. The predicted molar refractivity (Wildman–Crippen MR) is 133 cm³/mol. The Morgan fingerprint density at radius 2 is 1.86 bits per heavy atom. The van der Waals surface area contributed by atoms with Crippen LogP contribution in [0.2, 0.25) is 0 Å². The lowest BCUT2D eigenvalue weighted by Crippen LogP contribution is -2.66. The number of aromatic nitrogens is 1. The highest BCUT2D eigenvalue weighted by Gasteiger charge is 2.46. The summed E-state index contributed by atoms with van der Waals surface area (Å²) in [5.74, 6) is -1.41. The summed E-state index contributed by atoms with van der Waals surface area (Å²) in [7, 11) is 0. The topological polar surface area (TPSA) is 75.0 Å². The SMILES string of the molecule is O=C1c2c(O)c(=O)ccn2N([C@@H]2c3cc(F)ccc3-c3ccsc3-c3ccccc32)[C@@H]2COCCN12. The molecular weight excluding hydrogens is 481 g/mol. The van der Waals surface area contributed by atoms with Crippen LogP contribution in [0.3, 0.4) is 0 Å². The molecule has 9 heteroatoms. The lowest BCUT2D eigenvalue weighted by Gasteiger charge is -2.51. The normalized spacial score (nSPS) is 20.1. The van der Waals surface area contributed by atoms with Gasteiger partial charge >= 0.3 is 0 Å². The van der Waals surface area contributed by atoms with Crippen LogP contribution in [-0.4, -0.2) is 46.5 Å². The molecule has 0 unspecified atom stereocenters. The number of hydrogen-bond acceptors (Lipinski definition) is 6. The molecule has 7 rings (SSSR count). The highest BCUT2D eigenvalue weighted by Crippen LogP contribution is 2.50. The van der Waals surface area contributed by atoms with Gasteiger partial charge in [0.2, 0.25) is 5.43 Å². The molecule has 1 fully saturated rings. The molecule has 1 N–H and O–H groups in total. The summed E-state index contributed by atoms with van der Waals surface area (Å²) in [4.78, 5) is 28.5. The molecule has 7 nitrogen and oxygen atoms in total. The van der Waals surface area contributed by atoms with E-state index in [4.69, 9.17) is 4.74 Å². The molecule has 0 spiro atoms. The van der Waals surface area contributed by atoms with Crippen LogP contribution >= 0.6 is 11.3 Å². The van der Waals surface area contributed by atoms with Gasteiger partial charge in [-0.3, -0.25) is 19.3 Å². The van der Waals surface area contributed by atoms with Gasteiger partial charge in [0, 0.05) is 29.2 Å². The van der Waals surface area contributed by atoms with Crippen molar-refractivity contribution in [3.8, 4) is 27.3 Å². The van der Waals surface area contributed by atoms with Crippen LogP contribution in [0.1, 0.15) is 27.7 Å². The lowest BCUT2D eigenvalue weighted by atomic mass is 9.92. The van der Waals surface area contributed by atoms with E-state index in [-0.39, 0.29) is 18.1 Å². The number of ether oxygens (including phenoxy) is 1. The molecule has 2 aromatic heterocycles. The van der Waals surface area contributed by atoms with Crippen LogP contribution in [0.15, 0.2) is 71.0 Å². The number of rotatable bonds is 1. The van der Waals surface area contributed by atoms with Crippen molar-refractivity contribution in [1.82, 2.24) is 9.58 Å². The second kappa shape index (κ2) is 7.78. The monoisotopic (exact) mass is 501 g/mol. The molecule has 1 amide bonds. The number of halogens is 1. The van der Waals surface area contributed by atoms with Crippen LogP contribution < -0.4 is 10.4 Å². The van der Waals surface area contributed by atoms with E-state index in [1.165, 1.54) is 24.4 Å². The number of fused-ring (bicyclic) bond motifs is 7. The van der Waals surface area contributed by atoms with E-state index < -0.39 is 29.3 Å². The number of nitrogens with zero attached hydrogens (tertiary/aromatic N) is 3. The number of aromatic hydroxyl groups is 1. The van der Waals surface area contributed by atoms with E-state index in [1.807, 2.05) is 40.7 Å². The van der Waals surface area contributed by atoms with Gasteiger partial charge in [0.15, 0.2) is 11.4 Å². The summed E-state index contributed by atoms with van der Waals surface area (Å²) >= 11 is 1.62. The Morgan fingerprint density at radius 3 is 2.75 bits per heavy atom. The molecule has 1 saturated heterocycles. The highest BCUT2D eigenvalue weighted by molar-refractivity contribution is 7.14. The highest BCUT2D eigenvalue weighted by atomic mass is 32.1. The Morgan fingerprint density at radius 1 is 1.00 bits per heavy atom. The van der Waals surface area contributed by atoms with Crippen LogP contribution in [0.25, 0.3) is 21.6 Å². The molecule has 0 bridgehead atoms. The van der Waals surface area contributed by atoms with E-state index in [0.29, 0.717) is 13.2 Å². The first-order valence-electron chi connectivity index (χ1n) is 11.6. The van der Waals surface area contributed by atoms with Gasteiger partial charge in [0.05, 0.1) is 19.3 Å². The molecule has 2 aromatic carbocycles. The Labute approximate surface area is 209 Å². The van der Waals surface area contributed by atoms with Crippen LogP contribution in [0.4, 0.5) is 4.39 Å². The van der Waals surface area contributed by atoms with Gasteiger partial charge in [-0.05, 0) is 45.8 Å². The maximum absolute atomic E-state index is 14.9. The molecule has 0 radical (unpaired) electrons. The van der Waals surface area contributed by atoms with Gasteiger partial charge in [-0.25, -0.2) is 4.39 Å². The van der Waals surface area contributed by atoms with Crippen molar-refractivity contribution in [2.75, 3.05) is 24.8 Å². The van der Waals surface area contributed by atoms with Crippen LogP contribution in [0, 0.1) is 5.82 Å². The maximum atomic E-state index is 14.9. The number of pyridine rings is 1. The minimum Gasteiger partial charge on any atom is -0.502 e. The fraction of sp³-hybridized carbons (Fsp3) is 0.185. The summed E-state index contributed by atoms with van der Waals surface area (Å²) in [5, 5.41) is 14.7. The van der Waals surface area contributed by atoms with Crippen molar-refractivity contribution in [2.45, 2.75) is 12.2 Å². The minimum atomic E-state index is -0.629. The maximum Gasteiger partial charge on any atom is 0.278 e. The number of amides is 1. The number of benzene rings is 2. The summed E-state index contributed by atoms with van der Waals surface area (Å²) < 4.78 is 22.2. The third-order valence-electron chi connectivity index (χ3n) is 7.20. The first-order chi connectivity index (χ1) is 17.5. The average Bonchev–Trinajstić information content (AvgIpc) is 3.34. The van der Waals surface area contributed by atoms with E-state index in [2.05, 4.69) is 0 Å². The van der Waals surface area contributed by atoms with Gasteiger partial charge in [0.1, 0.15) is 12.0 Å². The molecular formula is C27H20FN3O4S. The molecule has 36 heavy (non-hydrogen) atoms. The van der Waals surface area contributed by atoms with E-state index in [1.54, 1.807) is 27.0 Å². The largest absolute Gasteiger partial charge is 0.502 e. The number of hydrogen-bond donors (Lipinski definition) is 1. The minimum absolute atomic E-state index is 0.102. The van der Waals surface area contributed by atoms with Gasteiger partial charge in [-0.1, -0.05) is 30.3 Å². The Hall–Kier alpha value is -3.95. The molecule has 4 heterocycles. The second-order valence-corrected chi connectivity index (χ2v) is 9.96. The van der Waals surface area contributed by atoms with Gasteiger partial charge in [-0.15, -0.1) is 11.3 Å². The van der Waals surface area contributed by atoms with Crippen molar-refractivity contribution >= 4 is 17.2 Å².